The Hall–Kier alpha value is -0.520. The van der Waals surface area contributed by atoms with Crippen LogP contribution in [0.3, 0.4) is 0 Å². The topological polar surface area (TPSA) is 32.8 Å². The summed E-state index contributed by atoms with van der Waals surface area (Å²) in [6.07, 6.45) is 2.67. The first-order valence-electron chi connectivity index (χ1n) is 4.08. The van der Waals surface area contributed by atoms with Gasteiger partial charge < -0.3 is 9.84 Å². The van der Waals surface area contributed by atoms with Crippen LogP contribution in [0, 0.1) is 11.8 Å². The molecule has 1 N–H and O–H groups in total. The Labute approximate surface area is 67.6 Å². The van der Waals surface area contributed by atoms with Gasteiger partial charge in [-0.05, 0) is 6.42 Å². The van der Waals surface area contributed by atoms with Crippen molar-refractivity contribution in [2.75, 3.05) is 13.2 Å². The highest BCUT2D eigenvalue weighted by molar-refractivity contribution is 5.20. The molecule has 62 valence electrons. The monoisotopic (exact) mass is 154 g/mol. The highest BCUT2D eigenvalue weighted by Gasteiger charge is 2.42. The van der Waals surface area contributed by atoms with E-state index >= 15 is 0 Å². The molecule has 11 heavy (non-hydrogen) atoms. The van der Waals surface area contributed by atoms with E-state index in [2.05, 4.69) is 18.8 Å². The smallest absolute Gasteiger partial charge is 0.154 e. The Morgan fingerprint density at radius 3 is 2.82 bits per heavy atom. The lowest BCUT2D eigenvalue weighted by Gasteiger charge is -1.97. The first-order valence-corrected chi connectivity index (χ1v) is 4.08. The highest BCUT2D eigenvalue weighted by atomic mass is 16.6. The van der Waals surface area contributed by atoms with Gasteiger partial charge in [-0.25, -0.2) is 0 Å². The van der Waals surface area contributed by atoms with Crippen molar-refractivity contribution in [3.05, 3.63) is 0 Å². The Morgan fingerprint density at radius 2 is 2.36 bits per heavy atom. The summed E-state index contributed by atoms with van der Waals surface area (Å²) in [5.74, 6) is 6.08. The van der Waals surface area contributed by atoms with Crippen LogP contribution in [-0.4, -0.2) is 23.9 Å². The largest absolute Gasteiger partial charge is 0.396 e. The normalized spacial score (nSPS) is 27.5. The molecule has 0 radical (unpaired) electrons. The fourth-order valence-corrected chi connectivity index (χ4v) is 0.895. The molecule has 1 unspecified atom stereocenters. The van der Waals surface area contributed by atoms with Crippen molar-refractivity contribution in [2.24, 2.45) is 0 Å². The molecule has 0 aromatic rings. The predicted molar refractivity (Wildman–Crippen MR) is 43.1 cm³/mol. The van der Waals surface area contributed by atoms with E-state index < -0.39 is 0 Å². The third kappa shape index (κ3) is 2.53. The maximum absolute atomic E-state index is 8.65. The lowest BCUT2D eigenvalue weighted by molar-refractivity contribution is 0.242. The van der Waals surface area contributed by atoms with Crippen LogP contribution >= 0.6 is 0 Å². The number of unbranched alkanes of at least 4 members (excludes halogenated alkanes) is 1. The van der Waals surface area contributed by atoms with Crippen molar-refractivity contribution in [2.45, 2.75) is 31.8 Å². The van der Waals surface area contributed by atoms with Gasteiger partial charge in [-0.15, -0.1) is 5.92 Å². The van der Waals surface area contributed by atoms with Gasteiger partial charge in [0.25, 0.3) is 0 Å². The molecule has 1 atom stereocenters. The molecular weight excluding hydrogens is 140 g/mol. The molecule has 1 fully saturated rings. The Balaban J connectivity index is 2.30. The fourth-order valence-electron chi connectivity index (χ4n) is 0.895. The van der Waals surface area contributed by atoms with Gasteiger partial charge in [0, 0.05) is 19.4 Å². The fraction of sp³-hybridized carbons (Fsp3) is 0.778. The number of ether oxygens (including phenoxy) is 1. The zero-order valence-corrected chi connectivity index (χ0v) is 6.89. The molecule has 2 heteroatoms. The second-order valence-electron chi connectivity index (χ2n) is 2.81. The first-order chi connectivity index (χ1) is 5.33. The number of aliphatic hydroxyl groups is 1. The van der Waals surface area contributed by atoms with Crippen molar-refractivity contribution < 1.29 is 9.84 Å². The van der Waals surface area contributed by atoms with E-state index in [1.54, 1.807) is 0 Å². The van der Waals surface area contributed by atoms with Crippen LogP contribution in [0.5, 0.6) is 0 Å². The van der Waals surface area contributed by atoms with Gasteiger partial charge in [-0.2, -0.15) is 0 Å². The summed E-state index contributed by atoms with van der Waals surface area (Å²) in [5, 5.41) is 8.65. The van der Waals surface area contributed by atoms with Gasteiger partial charge in [-0.1, -0.05) is 12.8 Å². The van der Waals surface area contributed by atoms with E-state index in [-0.39, 0.29) is 12.2 Å². The van der Waals surface area contributed by atoms with Crippen molar-refractivity contribution in [1.29, 1.82) is 0 Å². The van der Waals surface area contributed by atoms with Crippen LogP contribution < -0.4 is 0 Å². The molecule has 1 aliphatic rings. The molecule has 1 rings (SSSR count). The van der Waals surface area contributed by atoms with Gasteiger partial charge in [-0.3, -0.25) is 0 Å². The minimum Gasteiger partial charge on any atom is -0.396 e. The number of hydrogen-bond donors (Lipinski definition) is 1. The van der Waals surface area contributed by atoms with Gasteiger partial charge in [0.05, 0.1) is 6.61 Å². The minimum atomic E-state index is -0.260. The van der Waals surface area contributed by atoms with Crippen molar-refractivity contribution in [1.82, 2.24) is 0 Å². The third-order valence-electron chi connectivity index (χ3n) is 1.70. The predicted octanol–water partition coefficient (Wildman–Crippen LogP) is 0.941. The highest BCUT2D eigenvalue weighted by Crippen LogP contribution is 2.29. The average molecular weight is 154 g/mol. The Morgan fingerprint density at radius 1 is 1.64 bits per heavy atom. The maximum atomic E-state index is 8.65. The molecule has 0 amide bonds. The van der Waals surface area contributed by atoms with Crippen molar-refractivity contribution in [3.8, 4) is 11.8 Å². The van der Waals surface area contributed by atoms with E-state index in [1.807, 2.05) is 0 Å². The number of rotatable bonds is 3. The summed E-state index contributed by atoms with van der Waals surface area (Å²) in [6, 6.07) is 0. The standard InChI is InChI=1S/C9H14O2/c1-2-3-4-5-9(6-7-10)8-11-9/h10H,2-3,6-8H2,1H3. The summed E-state index contributed by atoms with van der Waals surface area (Å²) in [7, 11) is 0. The summed E-state index contributed by atoms with van der Waals surface area (Å²) in [5.41, 5.74) is -0.260. The second-order valence-corrected chi connectivity index (χ2v) is 2.81. The van der Waals surface area contributed by atoms with E-state index in [1.165, 1.54) is 0 Å². The lowest BCUT2D eigenvalue weighted by Crippen LogP contribution is -2.09. The van der Waals surface area contributed by atoms with E-state index in [9.17, 15) is 0 Å². The molecule has 0 spiro atoms. The zero-order valence-electron chi connectivity index (χ0n) is 6.89. The maximum Gasteiger partial charge on any atom is 0.154 e. The van der Waals surface area contributed by atoms with Crippen LogP contribution in [0.1, 0.15) is 26.2 Å². The quantitative estimate of drug-likeness (QED) is 0.484. The minimum absolute atomic E-state index is 0.167. The van der Waals surface area contributed by atoms with Crippen LogP contribution in [0.4, 0.5) is 0 Å². The van der Waals surface area contributed by atoms with Gasteiger partial charge in [0.15, 0.2) is 5.60 Å². The molecule has 0 aromatic heterocycles. The molecule has 0 saturated carbocycles. The molecule has 1 aliphatic heterocycles. The number of aliphatic hydroxyl groups excluding tert-OH is 1. The van der Waals surface area contributed by atoms with E-state index in [4.69, 9.17) is 9.84 Å². The van der Waals surface area contributed by atoms with Gasteiger partial charge in [0.2, 0.25) is 0 Å². The lowest BCUT2D eigenvalue weighted by atomic mass is 10.1. The molecule has 0 aliphatic carbocycles. The van der Waals surface area contributed by atoms with Crippen LogP contribution in [0.2, 0.25) is 0 Å². The molecule has 1 heterocycles. The number of epoxide rings is 1. The van der Waals surface area contributed by atoms with Crippen molar-refractivity contribution in [3.63, 3.8) is 0 Å². The molecule has 0 bridgehead atoms. The number of hydrogen-bond acceptors (Lipinski definition) is 2. The van der Waals surface area contributed by atoms with E-state index in [0.29, 0.717) is 13.0 Å². The van der Waals surface area contributed by atoms with Gasteiger partial charge in [0.1, 0.15) is 0 Å². The summed E-state index contributed by atoms with van der Waals surface area (Å²) in [4.78, 5) is 0. The van der Waals surface area contributed by atoms with Crippen molar-refractivity contribution >= 4 is 0 Å². The van der Waals surface area contributed by atoms with Gasteiger partial charge >= 0.3 is 0 Å². The van der Waals surface area contributed by atoms with Crippen LogP contribution in [0.15, 0.2) is 0 Å². The SMILES string of the molecule is CCCC#CC1(CCO)CO1. The summed E-state index contributed by atoms with van der Waals surface area (Å²) < 4.78 is 5.15. The Bertz CT molecular complexity index is 172. The first kappa shape index (κ1) is 8.58. The van der Waals surface area contributed by atoms with Crippen LogP contribution in [0.25, 0.3) is 0 Å². The average Bonchev–Trinajstić information content (AvgIpc) is 2.71. The molecule has 2 nitrogen and oxygen atoms in total. The molecular formula is C9H14O2. The summed E-state index contributed by atoms with van der Waals surface area (Å²) >= 11 is 0. The summed E-state index contributed by atoms with van der Waals surface area (Å²) in [6.45, 7) is 2.96. The Kier molecular flexibility index (Phi) is 2.92. The molecule has 1 saturated heterocycles. The zero-order chi connectivity index (χ0) is 8.16. The van der Waals surface area contributed by atoms with E-state index in [0.717, 1.165) is 12.8 Å². The van der Waals surface area contributed by atoms with Crippen LogP contribution in [-0.2, 0) is 4.74 Å². The third-order valence-corrected chi connectivity index (χ3v) is 1.70. The second kappa shape index (κ2) is 3.75. The molecule has 0 aromatic carbocycles.